The molecule has 2 amide bonds. The number of rotatable bonds is 14. The van der Waals surface area contributed by atoms with E-state index >= 15 is 0 Å². The lowest BCUT2D eigenvalue weighted by atomic mass is 9.82. The first kappa shape index (κ1) is 35.6. The van der Waals surface area contributed by atoms with Crippen molar-refractivity contribution < 1.29 is 28.2 Å². The van der Waals surface area contributed by atoms with Crippen molar-refractivity contribution in [3.05, 3.63) is 34.9 Å². The highest BCUT2D eigenvalue weighted by Crippen LogP contribution is 2.29. The van der Waals surface area contributed by atoms with Gasteiger partial charge in [0.1, 0.15) is 12.1 Å². The maximum Gasteiger partial charge on any atom is 0.243 e. The largest absolute Gasteiger partial charge is 0.389 e. The molecule has 0 radical (unpaired) electrons. The highest BCUT2D eigenvalue weighted by molar-refractivity contribution is 7.92. The van der Waals surface area contributed by atoms with Crippen molar-refractivity contribution in [2.24, 2.45) is 11.8 Å². The number of terminal acetylenes is 2. The lowest BCUT2D eigenvalue weighted by Gasteiger charge is -2.33. The molecule has 1 fully saturated rings. The number of aliphatic hydroxyl groups is 2. The summed E-state index contributed by atoms with van der Waals surface area (Å²) in [7, 11) is -3.70. The molecule has 0 spiro atoms. The molecule has 42 heavy (non-hydrogen) atoms. The molecule has 1 aliphatic carbocycles. The van der Waals surface area contributed by atoms with Crippen LogP contribution in [0.1, 0.15) is 77.7 Å². The summed E-state index contributed by atoms with van der Waals surface area (Å²) in [5.74, 6) is 2.28. The van der Waals surface area contributed by atoms with Crippen molar-refractivity contribution in [1.82, 2.24) is 10.6 Å². The van der Waals surface area contributed by atoms with Crippen LogP contribution in [0, 0.1) is 36.5 Å². The fourth-order valence-corrected chi connectivity index (χ4v) is 6.55. The number of sulfone groups is 1. The topological polar surface area (TPSA) is 133 Å². The Bertz CT molecular complexity index is 1220. The first-order valence-electron chi connectivity index (χ1n) is 14.5. The van der Waals surface area contributed by atoms with Crippen LogP contribution in [0.5, 0.6) is 0 Å². The zero-order chi connectivity index (χ0) is 31.5. The van der Waals surface area contributed by atoms with Crippen LogP contribution in [0.2, 0.25) is 5.02 Å². The monoisotopic (exact) mass is 620 g/mol. The second kappa shape index (κ2) is 16.3. The number of amides is 2. The molecule has 4 N–H and O–H groups in total. The van der Waals surface area contributed by atoms with E-state index in [1.807, 2.05) is 0 Å². The smallest absolute Gasteiger partial charge is 0.243 e. The van der Waals surface area contributed by atoms with Crippen molar-refractivity contribution in [1.29, 1.82) is 0 Å². The summed E-state index contributed by atoms with van der Waals surface area (Å²) < 4.78 is 25.1. The van der Waals surface area contributed by atoms with Crippen LogP contribution in [0.3, 0.4) is 0 Å². The molecule has 0 saturated heterocycles. The minimum absolute atomic E-state index is 0.0860. The summed E-state index contributed by atoms with van der Waals surface area (Å²) in [4.78, 5) is 27.1. The van der Waals surface area contributed by atoms with Gasteiger partial charge in [0.2, 0.25) is 11.8 Å². The average Bonchev–Trinajstić information content (AvgIpc) is 2.92. The number of nitrogens with one attached hydrogen (secondary N) is 2. The van der Waals surface area contributed by atoms with E-state index < -0.39 is 62.4 Å². The van der Waals surface area contributed by atoms with E-state index in [-0.39, 0.29) is 25.2 Å². The second-order valence-corrected chi connectivity index (χ2v) is 15.4. The maximum atomic E-state index is 13.6. The van der Waals surface area contributed by atoms with Crippen molar-refractivity contribution in [2.45, 2.75) is 108 Å². The van der Waals surface area contributed by atoms with E-state index in [2.05, 4.69) is 22.5 Å². The molecule has 10 heteroatoms. The van der Waals surface area contributed by atoms with Gasteiger partial charge in [0.25, 0.3) is 0 Å². The van der Waals surface area contributed by atoms with Gasteiger partial charge in [-0.15, -0.1) is 24.7 Å². The van der Waals surface area contributed by atoms with Crippen LogP contribution in [0.25, 0.3) is 0 Å². The van der Waals surface area contributed by atoms with Gasteiger partial charge >= 0.3 is 0 Å². The van der Waals surface area contributed by atoms with Gasteiger partial charge in [-0.25, -0.2) is 8.42 Å². The predicted molar refractivity (Wildman–Crippen MR) is 166 cm³/mol. The van der Waals surface area contributed by atoms with Crippen LogP contribution in [0.15, 0.2) is 24.3 Å². The molecule has 1 aromatic carbocycles. The second-order valence-electron chi connectivity index (χ2n) is 12.2. The normalized spacial score (nSPS) is 18.0. The molecule has 1 saturated carbocycles. The van der Waals surface area contributed by atoms with Gasteiger partial charge in [-0.05, 0) is 57.2 Å². The molecular weight excluding hydrogens is 576 g/mol. The molecule has 0 bridgehead atoms. The van der Waals surface area contributed by atoms with Crippen molar-refractivity contribution in [3.63, 3.8) is 0 Å². The number of hydrogen-bond donors (Lipinski definition) is 4. The van der Waals surface area contributed by atoms with Crippen molar-refractivity contribution >= 4 is 33.3 Å². The Morgan fingerprint density at radius 1 is 1.00 bits per heavy atom. The maximum absolute atomic E-state index is 13.6. The molecule has 1 aliphatic rings. The fourth-order valence-electron chi connectivity index (χ4n) is 5.12. The van der Waals surface area contributed by atoms with Gasteiger partial charge in [-0.3, -0.25) is 9.59 Å². The summed E-state index contributed by atoms with van der Waals surface area (Å²) in [6.45, 7) is 4.71. The van der Waals surface area contributed by atoms with Crippen LogP contribution in [-0.2, 0) is 25.8 Å². The van der Waals surface area contributed by atoms with E-state index in [4.69, 9.17) is 24.4 Å². The first-order chi connectivity index (χ1) is 19.7. The third-order valence-corrected chi connectivity index (χ3v) is 10.8. The molecule has 0 unspecified atom stereocenters. The van der Waals surface area contributed by atoms with Gasteiger partial charge in [-0.1, -0.05) is 55.8 Å². The molecular formula is C32H45ClN2O6S. The molecule has 232 valence electrons. The summed E-state index contributed by atoms with van der Waals surface area (Å²) in [6, 6.07) is 4.76. The predicted octanol–water partition coefficient (Wildman–Crippen LogP) is 3.42. The lowest BCUT2D eigenvalue weighted by molar-refractivity contribution is -0.132. The Labute approximate surface area is 256 Å². The van der Waals surface area contributed by atoms with E-state index in [1.54, 1.807) is 45.0 Å². The Balaban J connectivity index is 2.28. The Morgan fingerprint density at radius 3 is 2.14 bits per heavy atom. The lowest BCUT2D eigenvalue weighted by Crippen LogP contribution is -2.56. The van der Waals surface area contributed by atoms with Gasteiger partial charge < -0.3 is 20.8 Å². The van der Waals surface area contributed by atoms with E-state index in [0.29, 0.717) is 17.0 Å². The fraction of sp³-hybridized carbons (Fsp3) is 0.625. The van der Waals surface area contributed by atoms with Gasteiger partial charge in [-0.2, -0.15) is 0 Å². The van der Waals surface area contributed by atoms with Gasteiger partial charge in [0, 0.05) is 17.9 Å². The number of aliphatic hydroxyl groups excluding tert-OH is 2. The third-order valence-electron chi connectivity index (χ3n) is 7.85. The van der Waals surface area contributed by atoms with E-state index in [1.165, 1.54) is 0 Å². The van der Waals surface area contributed by atoms with Gasteiger partial charge in [0.15, 0.2) is 9.84 Å². The zero-order valence-corrected chi connectivity index (χ0v) is 26.4. The number of carbonyl (C=O) groups is 2. The van der Waals surface area contributed by atoms with Crippen LogP contribution in [-0.4, -0.2) is 65.2 Å². The van der Waals surface area contributed by atoms with Crippen molar-refractivity contribution in [2.75, 3.05) is 5.75 Å². The van der Waals surface area contributed by atoms with Crippen LogP contribution >= 0.6 is 11.6 Å². The molecule has 0 heterocycles. The minimum Gasteiger partial charge on any atom is -0.389 e. The summed E-state index contributed by atoms with van der Waals surface area (Å²) in [6.07, 6.45) is 13.7. The highest BCUT2D eigenvalue weighted by atomic mass is 35.5. The van der Waals surface area contributed by atoms with Gasteiger partial charge in [0.05, 0.1) is 28.6 Å². The van der Waals surface area contributed by atoms with E-state index in [0.717, 1.165) is 32.1 Å². The van der Waals surface area contributed by atoms with Crippen LogP contribution in [0.4, 0.5) is 0 Å². The zero-order valence-electron chi connectivity index (χ0n) is 24.8. The molecule has 1 aromatic rings. The SMILES string of the molecule is C#CC[C@H](NC(=O)[C@H](Cc1ccc(Cl)cc1)CS(=O)(=O)C(C)(C)C)C(=O)N[C@@H](CC1CCCCC1)[C@@H](O)[C@@H](O)CC#C. The molecule has 0 aliphatic heterocycles. The number of carbonyl (C=O) groups excluding carboxylic acids is 2. The standard InChI is InChI=1S/C32H45ClN2O6S/c1-6-11-26(31(39)35-27(29(37)28(36)12-7-2)20-22-13-9-8-10-14-22)34-30(38)24(21-42(40,41)32(3,4)5)19-23-15-17-25(33)18-16-23/h1-2,15-18,22,24,26-29,36-37H,8-14,19-21H2,3-5H3,(H,34,38)(H,35,39)/t24-,26+,27+,28+,29-/m1/s1. The third kappa shape index (κ3) is 10.9. The van der Waals surface area contributed by atoms with E-state index in [9.17, 15) is 28.2 Å². The Morgan fingerprint density at radius 2 is 1.60 bits per heavy atom. The van der Waals surface area contributed by atoms with Crippen LogP contribution < -0.4 is 10.6 Å². The summed E-state index contributed by atoms with van der Waals surface area (Å²) >= 11 is 6.00. The number of halogens is 1. The highest BCUT2D eigenvalue weighted by Gasteiger charge is 2.37. The Hall–Kier alpha value is -2.56. The Kier molecular flexibility index (Phi) is 13.9. The number of hydrogen-bond acceptors (Lipinski definition) is 6. The average molecular weight is 621 g/mol. The first-order valence-corrected chi connectivity index (χ1v) is 16.5. The molecule has 2 rings (SSSR count). The summed E-state index contributed by atoms with van der Waals surface area (Å²) in [5.41, 5.74) is 0.708. The quantitative estimate of drug-likeness (QED) is 0.236. The number of benzene rings is 1. The minimum atomic E-state index is -3.70. The molecule has 5 atom stereocenters. The summed E-state index contributed by atoms with van der Waals surface area (Å²) in [5, 5.41) is 27.3. The van der Waals surface area contributed by atoms with Crippen molar-refractivity contribution in [3.8, 4) is 24.7 Å². The molecule has 8 nitrogen and oxygen atoms in total. The molecule has 0 aromatic heterocycles.